The third kappa shape index (κ3) is 7.11. The van der Waals surface area contributed by atoms with Crippen molar-refractivity contribution in [2.75, 3.05) is 6.61 Å². The Kier molecular flexibility index (Phi) is 6.89. The molecule has 0 aliphatic rings. The Hall–Kier alpha value is -2.04. The normalized spacial score (nSPS) is 12.4. The Morgan fingerprint density at radius 2 is 1.82 bits per heavy atom. The molecule has 1 atom stereocenters. The summed E-state index contributed by atoms with van der Waals surface area (Å²) >= 11 is 0. The summed E-state index contributed by atoms with van der Waals surface area (Å²) in [4.78, 5) is 23.8. The number of benzene rings is 1. The molecule has 1 aromatic carbocycles. The highest BCUT2D eigenvalue weighted by Gasteiger charge is 2.25. The zero-order valence-electron chi connectivity index (χ0n) is 13.7. The second kappa shape index (κ2) is 8.41. The minimum absolute atomic E-state index is 0.274. The fourth-order valence-corrected chi connectivity index (χ4v) is 1.90. The number of nitrogens with one attached hydrogen (secondary N) is 1. The lowest BCUT2D eigenvalue weighted by atomic mass is 10.1. The molecule has 0 saturated carbocycles. The van der Waals surface area contributed by atoms with Crippen LogP contribution in [0.2, 0.25) is 0 Å². The molecule has 0 radical (unpaired) electrons. The van der Waals surface area contributed by atoms with Gasteiger partial charge in [0, 0.05) is 0 Å². The summed E-state index contributed by atoms with van der Waals surface area (Å²) in [7, 11) is 0. The van der Waals surface area contributed by atoms with E-state index in [-0.39, 0.29) is 6.61 Å². The summed E-state index contributed by atoms with van der Waals surface area (Å²) in [6.07, 6.45) is 0.515. The van der Waals surface area contributed by atoms with Crippen LogP contribution in [0.5, 0.6) is 0 Å². The lowest BCUT2D eigenvalue weighted by Gasteiger charge is -2.22. The molecule has 122 valence electrons. The fourth-order valence-electron chi connectivity index (χ4n) is 1.90. The summed E-state index contributed by atoms with van der Waals surface area (Å²) < 4.78 is 10.2. The lowest BCUT2D eigenvalue weighted by Crippen LogP contribution is -2.44. The number of amides is 1. The van der Waals surface area contributed by atoms with Gasteiger partial charge in [0.2, 0.25) is 0 Å². The van der Waals surface area contributed by atoms with Crippen molar-refractivity contribution in [3.05, 3.63) is 35.9 Å². The number of alkyl carbamates (subject to hydrolysis) is 1. The fraction of sp³-hybridized carbons (Fsp3) is 0.529. The van der Waals surface area contributed by atoms with Gasteiger partial charge < -0.3 is 14.8 Å². The summed E-state index contributed by atoms with van der Waals surface area (Å²) in [5.41, 5.74) is 0.491. The molecule has 0 fully saturated rings. The van der Waals surface area contributed by atoms with Crippen molar-refractivity contribution in [2.45, 2.75) is 52.2 Å². The van der Waals surface area contributed by atoms with E-state index >= 15 is 0 Å². The molecule has 0 heterocycles. The van der Waals surface area contributed by atoms with Crippen LogP contribution in [-0.2, 0) is 20.7 Å². The Balaban J connectivity index is 2.63. The largest absolute Gasteiger partial charge is 0.464 e. The Bertz CT molecular complexity index is 479. The van der Waals surface area contributed by atoms with Gasteiger partial charge in [0.15, 0.2) is 0 Å². The van der Waals surface area contributed by atoms with Crippen molar-refractivity contribution in [3.63, 3.8) is 0 Å². The van der Waals surface area contributed by atoms with Gasteiger partial charge in [-0.25, -0.2) is 9.59 Å². The first-order valence-corrected chi connectivity index (χ1v) is 7.52. The first-order valence-electron chi connectivity index (χ1n) is 7.52. The van der Waals surface area contributed by atoms with Crippen LogP contribution in [0, 0.1) is 0 Å². The number of carbonyl (C=O) groups is 2. The Morgan fingerprint density at radius 1 is 1.18 bits per heavy atom. The molecule has 0 spiro atoms. The zero-order valence-corrected chi connectivity index (χ0v) is 13.7. The number of ether oxygens (including phenoxy) is 2. The van der Waals surface area contributed by atoms with E-state index in [0.29, 0.717) is 12.8 Å². The number of carbonyl (C=O) groups excluding carboxylic acids is 2. The van der Waals surface area contributed by atoms with Gasteiger partial charge in [0.1, 0.15) is 11.6 Å². The van der Waals surface area contributed by atoms with Crippen LogP contribution in [0.3, 0.4) is 0 Å². The van der Waals surface area contributed by atoms with Crippen molar-refractivity contribution in [2.24, 2.45) is 0 Å². The molecular weight excluding hydrogens is 282 g/mol. The number of rotatable bonds is 6. The molecule has 5 nitrogen and oxygen atoms in total. The van der Waals surface area contributed by atoms with Crippen LogP contribution in [-0.4, -0.2) is 30.3 Å². The predicted molar refractivity (Wildman–Crippen MR) is 84.6 cm³/mol. The molecule has 1 N–H and O–H groups in total. The smallest absolute Gasteiger partial charge is 0.408 e. The molecule has 0 aromatic heterocycles. The molecule has 1 rings (SSSR count). The van der Waals surface area contributed by atoms with E-state index in [0.717, 1.165) is 5.56 Å². The molecule has 1 amide bonds. The van der Waals surface area contributed by atoms with E-state index in [1.807, 2.05) is 30.3 Å². The maximum atomic E-state index is 12.0. The SMILES string of the molecule is CCOC(=O)[C@H](CCc1ccccc1)NC(=O)OC(C)(C)C. The van der Waals surface area contributed by atoms with Crippen molar-refractivity contribution in [1.29, 1.82) is 0 Å². The molecule has 0 aliphatic carbocycles. The Morgan fingerprint density at radius 3 is 2.36 bits per heavy atom. The highest BCUT2D eigenvalue weighted by atomic mass is 16.6. The average molecular weight is 307 g/mol. The van der Waals surface area contributed by atoms with Crippen LogP contribution in [0.1, 0.15) is 39.7 Å². The van der Waals surface area contributed by atoms with Crippen LogP contribution in [0.25, 0.3) is 0 Å². The van der Waals surface area contributed by atoms with E-state index in [9.17, 15) is 9.59 Å². The number of hydrogen-bond donors (Lipinski definition) is 1. The van der Waals surface area contributed by atoms with Crippen molar-refractivity contribution in [1.82, 2.24) is 5.32 Å². The number of esters is 1. The van der Waals surface area contributed by atoms with E-state index < -0.39 is 23.7 Å². The van der Waals surface area contributed by atoms with Gasteiger partial charge in [0.25, 0.3) is 0 Å². The molecule has 22 heavy (non-hydrogen) atoms. The highest BCUT2D eigenvalue weighted by molar-refractivity contribution is 5.81. The monoisotopic (exact) mass is 307 g/mol. The second-order valence-electron chi connectivity index (χ2n) is 5.98. The van der Waals surface area contributed by atoms with Gasteiger partial charge in [-0.05, 0) is 46.1 Å². The summed E-state index contributed by atoms with van der Waals surface area (Å²) in [5, 5.41) is 2.59. The Labute approximate surface area is 132 Å². The van der Waals surface area contributed by atoms with Gasteiger partial charge in [-0.2, -0.15) is 0 Å². The van der Waals surface area contributed by atoms with E-state index in [4.69, 9.17) is 9.47 Å². The molecule has 0 saturated heterocycles. The average Bonchev–Trinajstić information content (AvgIpc) is 2.42. The molecule has 0 unspecified atom stereocenters. The van der Waals surface area contributed by atoms with Gasteiger partial charge >= 0.3 is 12.1 Å². The van der Waals surface area contributed by atoms with E-state index in [2.05, 4.69) is 5.32 Å². The first kappa shape index (κ1) is 18.0. The molecule has 5 heteroatoms. The van der Waals surface area contributed by atoms with Crippen molar-refractivity contribution < 1.29 is 19.1 Å². The van der Waals surface area contributed by atoms with Gasteiger partial charge in [0.05, 0.1) is 6.61 Å². The highest BCUT2D eigenvalue weighted by Crippen LogP contribution is 2.10. The lowest BCUT2D eigenvalue weighted by molar-refractivity contribution is -0.145. The number of hydrogen-bond acceptors (Lipinski definition) is 4. The second-order valence-corrected chi connectivity index (χ2v) is 5.98. The summed E-state index contributed by atoms with van der Waals surface area (Å²) in [6.45, 7) is 7.33. The van der Waals surface area contributed by atoms with E-state index in [1.165, 1.54) is 0 Å². The predicted octanol–water partition coefficient (Wildman–Crippen LogP) is 3.08. The molecule has 1 aromatic rings. The van der Waals surface area contributed by atoms with Crippen LogP contribution < -0.4 is 5.32 Å². The third-order valence-electron chi connectivity index (χ3n) is 2.83. The van der Waals surface area contributed by atoms with Crippen LogP contribution in [0.15, 0.2) is 30.3 Å². The summed E-state index contributed by atoms with van der Waals surface area (Å²) in [5.74, 6) is -0.440. The maximum absolute atomic E-state index is 12.0. The molecule has 0 aliphatic heterocycles. The van der Waals surface area contributed by atoms with Crippen LogP contribution in [0.4, 0.5) is 4.79 Å². The topological polar surface area (TPSA) is 64.6 Å². The van der Waals surface area contributed by atoms with Crippen molar-refractivity contribution >= 4 is 12.1 Å². The maximum Gasteiger partial charge on any atom is 0.408 e. The van der Waals surface area contributed by atoms with Crippen LogP contribution >= 0.6 is 0 Å². The molecular formula is C17H25NO4. The van der Waals surface area contributed by atoms with Gasteiger partial charge in [-0.15, -0.1) is 0 Å². The standard InChI is InChI=1S/C17H25NO4/c1-5-21-15(19)14(18-16(20)22-17(2,3)4)12-11-13-9-7-6-8-10-13/h6-10,14H,5,11-12H2,1-4H3,(H,18,20)/t14-/m0/s1. The third-order valence-corrected chi connectivity index (χ3v) is 2.83. The minimum Gasteiger partial charge on any atom is -0.464 e. The minimum atomic E-state index is -0.713. The zero-order chi connectivity index (χ0) is 16.6. The van der Waals surface area contributed by atoms with Gasteiger partial charge in [-0.3, -0.25) is 0 Å². The van der Waals surface area contributed by atoms with Gasteiger partial charge in [-0.1, -0.05) is 30.3 Å². The molecule has 0 bridgehead atoms. The number of aryl methyl sites for hydroxylation is 1. The van der Waals surface area contributed by atoms with Crippen molar-refractivity contribution in [3.8, 4) is 0 Å². The van der Waals surface area contributed by atoms with E-state index in [1.54, 1.807) is 27.7 Å². The quantitative estimate of drug-likeness (QED) is 0.820. The summed E-state index contributed by atoms with van der Waals surface area (Å²) in [6, 6.07) is 9.07. The first-order chi connectivity index (χ1) is 10.3.